The molecule has 324 valence electrons. The molecule has 0 aromatic heterocycles. The molecule has 11 rings (SSSR count). The monoisotopic (exact) mass is 870 g/mol. The number of nitrogens with zero attached hydrogens (tertiary/aromatic N) is 2. The number of hydrogen-bond acceptors (Lipinski definition) is 2. The molecule has 1 aliphatic rings. The summed E-state index contributed by atoms with van der Waals surface area (Å²) in [7, 11) is 0. The zero-order valence-electron chi connectivity index (χ0n) is 37.8. The third-order valence-corrected chi connectivity index (χ3v) is 13.0. The smallest absolute Gasteiger partial charge is 0.0468 e. The van der Waals surface area contributed by atoms with Gasteiger partial charge in [-0.3, -0.25) is 0 Å². The van der Waals surface area contributed by atoms with Gasteiger partial charge in [0.2, 0.25) is 0 Å². The molecule has 0 saturated carbocycles. The zero-order chi connectivity index (χ0) is 45.5. The molecule has 10 aromatic rings. The van der Waals surface area contributed by atoms with Crippen LogP contribution in [-0.4, -0.2) is 0 Å². The number of rotatable bonds is 12. The molecule has 0 bridgehead atoms. The molecule has 0 amide bonds. The third-order valence-electron chi connectivity index (χ3n) is 13.0. The van der Waals surface area contributed by atoms with Crippen LogP contribution in [0.25, 0.3) is 50.1 Å². The Bertz CT molecular complexity index is 3310. The van der Waals surface area contributed by atoms with Crippen molar-refractivity contribution in [3.63, 3.8) is 0 Å². The summed E-state index contributed by atoms with van der Waals surface area (Å²) >= 11 is 0. The summed E-state index contributed by atoms with van der Waals surface area (Å²) in [5.41, 5.74) is 20.1. The number of benzene rings is 10. The van der Waals surface area contributed by atoms with Gasteiger partial charge in [0.15, 0.2) is 0 Å². The molecule has 10 aromatic carbocycles. The minimum Gasteiger partial charge on any atom is -0.310 e. The SMILES string of the molecule is C1=CC(c2ccc(N(c3ccccc3)c3ccc(-c4ccccc4)c(-c4ccccc4)c3)cc2)CC=C1c1ccc(N(c2ccccc2)c2ccc(-c3ccccc3)c(-c3ccccc3)c2)cc1. The lowest BCUT2D eigenvalue weighted by atomic mass is 9.88. The van der Waals surface area contributed by atoms with Crippen LogP contribution >= 0.6 is 0 Å². The summed E-state index contributed by atoms with van der Waals surface area (Å²) < 4.78 is 0. The second kappa shape index (κ2) is 19.4. The van der Waals surface area contributed by atoms with Crippen LogP contribution in [0.4, 0.5) is 34.1 Å². The first-order valence-corrected chi connectivity index (χ1v) is 23.5. The molecular weight excluding hydrogens is 821 g/mol. The summed E-state index contributed by atoms with van der Waals surface area (Å²) in [5, 5.41) is 0. The van der Waals surface area contributed by atoms with Crippen LogP contribution in [0.3, 0.4) is 0 Å². The first-order valence-electron chi connectivity index (χ1n) is 23.5. The van der Waals surface area contributed by atoms with Crippen LogP contribution in [0.5, 0.6) is 0 Å². The van der Waals surface area contributed by atoms with Gasteiger partial charge in [0.25, 0.3) is 0 Å². The highest BCUT2D eigenvalue weighted by Crippen LogP contribution is 2.43. The summed E-state index contributed by atoms with van der Waals surface area (Å²) in [6, 6.07) is 96.1. The van der Waals surface area contributed by atoms with E-state index in [-0.39, 0.29) is 0 Å². The van der Waals surface area contributed by atoms with Gasteiger partial charge in [0, 0.05) is 40.0 Å². The van der Waals surface area contributed by atoms with Gasteiger partial charge in [-0.25, -0.2) is 0 Å². The van der Waals surface area contributed by atoms with E-state index in [1.807, 2.05) is 0 Å². The lowest BCUT2D eigenvalue weighted by Gasteiger charge is -2.27. The molecule has 2 heteroatoms. The van der Waals surface area contributed by atoms with E-state index < -0.39 is 0 Å². The van der Waals surface area contributed by atoms with Crippen LogP contribution in [0.1, 0.15) is 23.5 Å². The van der Waals surface area contributed by atoms with Crippen molar-refractivity contribution in [1.82, 2.24) is 0 Å². The minimum absolute atomic E-state index is 0.290. The Morgan fingerprint density at radius 2 is 0.618 bits per heavy atom. The molecule has 0 saturated heterocycles. The summed E-state index contributed by atoms with van der Waals surface area (Å²) in [4.78, 5) is 4.72. The third kappa shape index (κ3) is 8.84. The van der Waals surface area contributed by atoms with Crippen LogP contribution in [0.15, 0.2) is 285 Å². The molecule has 1 atom stereocenters. The van der Waals surface area contributed by atoms with Crippen molar-refractivity contribution in [3.05, 3.63) is 296 Å². The molecule has 0 spiro atoms. The predicted octanol–water partition coefficient (Wildman–Crippen LogP) is 18.4. The normalized spacial score (nSPS) is 13.1. The lowest BCUT2D eigenvalue weighted by Crippen LogP contribution is -2.10. The van der Waals surface area contributed by atoms with E-state index in [2.05, 4.69) is 295 Å². The molecular formula is C66H50N2. The Morgan fingerprint density at radius 3 is 1.00 bits per heavy atom. The summed E-state index contributed by atoms with van der Waals surface area (Å²) in [5.74, 6) is 0.290. The van der Waals surface area contributed by atoms with Crippen LogP contribution in [0, 0.1) is 0 Å². The quantitative estimate of drug-likeness (QED) is 0.121. The fraction of sp³-hybridized carbons (Fsp3) is 0.0303. The van der Waals surface area contributed by atoms with E-state index in [0.717, 1.165) is 40.5 Å². The van der Waals surface area contributed by atoms with Crippen LogP contribution in [0.2, 0.25) is 0 Å². The fourth-order valence-electron chi connectivity index (χ4n) is 9.60. The second-order valence-corrected chi connectivity index (χ2v) is 17.3. The molecule has 0 heterocycles. The standard InChI is InChI=1S/C66H50N2/c1-7-19-53(20-8-1)63-45-43-61(47-65(63)55-23-11-3-12-24-55)67(57-27-15-5-16-28-57)59-39-35-51(36-40-59)49-31-33-50(34-32-49)52-37-41-60(42-38-52)68(58-29-17-6-18-30-58)62-44-46-64(54-21-9-2-10-22-54)66(48-62)56-25-13-4-14-26-56/h1-33,35-48,50H,34H2. The molecule has 0 fully saturated rings. The van der Waals surface area contributed by atoms with Crippen molar-refractivity contribution in [3.8, 4) is 44.5 Å². The molecule has 2 nitrogen and oxygen atoms in total. The lowest BCUT2D eigenvalue weighted by molar-refractivity contribution is 0.856. The number of para-hydroxylation sites is 2. The highest BCUT2D eigenvalue weighted by Gasteiger charge is 2.20. The fourth-order valence-corrected chi connectivity index (χ4v) is 9.60. The molecule has 0 aliphatic heterocycles. The van der Waals surface area contributed by atoms with Crippen molar-refractivity contribution in [1.29, 1.82) is 0 Å². The second-order valence-electron chi connectivity index (χ2n) is 17.3. The minimum atomic E-state index is 0.290. The maximum absolute atomic E-state index is 2.40. The Kier molecular flexibility index (Phi) is 12.0. The van der Waals surface area contributed by atoms with E-state index in [9.17, 15) is 0 Å². The Hall–Kier alpha value is -8.72. The molecule has 0 radical (unpaired) electrons. The summed E-state index contributed by atoms with van der Waals surface area (Å²) in [6.07, 6.45) is 8.00. The molecule has 68 heavy (non-hydrogen) atoms. The average molecular weight is 871 g/mol. The van der Waals surface area contributed by atoms with Crippen LogP contribution in [-0.2, 0) is 0 Å². The Labute approximate surface area is 400 Å². The number of allylic oxidation sites excluding steroid dienone is 4. The first kappa shape index (κ1) is 41.9. The van der Waals surface area contributed by atoms with E-state index >= 15 is 0 Å². The first-order chi connectivity index (χ1) is 33.7. The number of hydrogen-bond donors (Lipinski definition) is 0. The van der Waals surface area contributed by atoms with E-state index in [0.29, 0.717) is 5.92 Å². The van der Waals surface area contributed by atoms with Gasteiger partial charge in [-0.2, -0.15) is 0 Å². The Balaban J connectivity index is 0.854. The van der Waals surface area contributed by atoms with Crippen molar-refractivity contribution < 1.29 is 0 Å². The van der Waals surface area contributed by atoms with E-state index in [1.54, 1.807) is 0 Å². The van der Waals surface area contributed by atoms with Crippen LogP contribution < -0.4 is 9.80 Å². The highest BCUT2D eigenvalue weighted by molar-refractivity contribution is 5.91. The van der Waals surface area contributed by atoms with Gasteiger partial charge < -0.3 is 9.80 Å². The van der Waals surface area contributed by atoms with Crippen molar-refractivity contribution >= 4 is 39.7 Å². The average Bonchev–Trinajstić information content (AvgIpc) is 3.43. The predicted molar refractivity (Wildman–Crippen MR) is 288 cm³/mol. The summed E-state index contributed by atoms with van der Waals surface area (Å²) in [6.45, 7) is 0. The van der Waals surface area contributed by atoms with Gasteiger partial charge in [0.05, 0.1) is 0 Å². The van der Waals surface area contributed by atoms with E-state index in [1.165, 1.54) is 61.2 Å². The van der Waals surface area contributed by atoms with Crippen molar-refractivity contribution in [2.45, 2.75) is 12.3 Å². The maximum atomic E-state index is 2.40. The van der Waals surface area contributed by atoms with Crippen molar-refractivity contribution in [2.24, 2.45) is 0 Å². The Morgan fingerprint density at radius 1 is 0.279 bits per heavy atom. The zero-order valence-corrected chi connectivity index (χ0v) is 37.8. The van der Waals surface area contributed by atoms with Crippen molar-refractivity contribution in [2.75, 3.05) is 9.80 Å². The van der Waals surface area contributed by atoms with Gasteiger partial charge in [0.1, 0.15) is 0 Å². The van der Waals surface area contributed by atoms with Gasteiger partial charge in [-0.15, -0.1) is 0 Å². The molecule has 0 N–H and O–H groups in total. The maximum Gasteiger partial charge on any atom is 0.0468 e. The molecule has 1 unspecified atom stereocenters. The van der Waals surface area contributed by atoms with Gasteiger partial charge in [-0.1, -0.05) is 212 Å². The largest absolute Gasteiger partial charge is 0.310 e. The van der Waals surface area contributed by atoms with Gasteiger partial charge in [-0.05, 0) is 140 Å². The topological polar surface area (TPSA) is 6.48 Å². The molecule has 1 aliphatic carbocycles. The van der Waals surface area contributed by atoms with E-state index in [4.69, 9.17) is 0 Å². The number of anilines is 6. The van der Waals surface area contributed by atoms with Gasteiger partial charge >= 0.3 is 0 Å². The highest BCUT2D eigenvalue weighted by atomic mass is 15.1.